The molecule has 0 bridgehead atoms. The minimum absolute atomic E-state index is 0.194. The zero-order valence-electron chi connectivity index (χ0n) is 20.4. The third-order valence-corrected chi connectivity index (χ3v) is 7.50. The normalized spacial score (nSPS) is 19.3. The lowest BCUT2D eigenvalue weighted by atomic mass is 9.75. The second-order valence-electron chi connectivity index (χ2n) is 9.38. The Bertz CT molecular complexity index is 1340. The van der Waals surface area contributed by atoms with E-state index in [0.717, 1.165) is 73.6 Å². The summed E-state index contributed by atoms with van der Waals surface area (Å²) in [5.41, 5.74) is 10.8. The van der Waals surface area contributed by atoms with E-state index in [1.807, 2.05) is 30.6 Å². The molecule has 0 saturated carbocycles. The summed E-state index contributed by atoms with van der Waals surface area (Å²) in [6, 6.07) is 10.5. The first kappa shape index (κ1) is 23.0. The van der Waals surface area contributed by atoms with Crippen LogP contribution in [0.1, 0.15) is 56.2 Å². The van der Waals surface area contributed by atoms with Crippen LogP contribution in [0.15, 0.2) is 53.7 Å². The first-order valence-corrected chi connectivity index (χ1v) is 12.4. The summed E-state index contributed by atoms with van der Waals surface area (Å²) in [5, 5.41) is 4.65. The molecule has 1 amide bonds. The average Bonchev–Trinajstić information content (AvgIpc) is 3.29. The predicted octanol–water partition coefficient (Wildman–Crippen LogP) is 4.98. The number of fused-ring (bicyclic) bond motifs is 2. The van der Waals surface area contributed by atoms with Crippen LogP contribution in [0.3, 0.4) is 0 Å². The lowest BCUT2D eigenvalue weighted by Crippen LogP contribution is -2.47. The largest absolute Gasteiger partial charge is 0.369 e. The molecule has 0 spiro atoms. The Kier molecular flexibility index (Phi) is 6.24. The van der Waals surface area contributed by atoms with Crippen molar-refractivity contribution in [3.05, 3.63) is 65.4 Å². The lowest BCUT2D eigenvalue weighted by molar-refractivity contribution is -0.129. The van der Waals surface area contributed by atoms with Gasteiger partial charge < -0.3 is 10.6 Å². The molecular weight excluding hydrogens is 436 g/mol. The van der Waals surface area contributed by atoms with Crippen molar-refractivity contribution in [1.29, 1.82) is 0 Å². The Morgan fingerprint density at radius 1 is 1.26 bits per heavy atom. The first-order valence-electron chi connectivity index (χ1n) is 12.4. The molecule has 0 atom stereocenters. The number of benzene rings is 1. The van der Waals surface area contributed by atoms with Crippen molar-refractivity contribution < 1.29 is 4.79 Å². The van der Waals surface area contributed by atoms with Crippen LogP contribution in [0.2, 0.25) is 0 Å². The topological polar surface area (TPSA) is 88.9 Å². The van der Waals surface area contributed by atoms with Crippen molar-refractivity contribution in [2.45, 2.75) is 46.0 Å². The molecule has 1 saturated heterocycles. The van der Waals surface area contributed by atoms with Crippen LogP contribution in [0.4, 0.5) is 11.6 Å². The summed E-state index contributed by atoms with van der Waals surface area (Å²) in [6.07, 6.45) is 14.5. The van der Waals surface area contributed by atoms with Gasteiger partial charge in [-0.2, -0.15) is 9.61 Å². The van der Waals surface area contributed by atoms with Crippen molar-refractivity contribution in [2.75, 3.05) is 18.0 Å². The van der Waals surface area contributed by atoms with E-state index >= 15 is 0 Å². The third-order valence-electron chi connectivity index (χ3n) is 7.50. The highest BCUT2D eigenvalue weighted by atomic mass is 16.1. The van der Waals surface area contributed by atoms with Crippen molar-refractivity contribution in [2.24, 2.45) is 16.1 Å². The van der Waals surface area contributed by atoms with Crippen molar-refractivity contribution in [1.82, 2.24) is 14.6 Å². The van der Waals surface area contributed by atoms with Gasteiger partial charge in [0.25, 0.3) is 0 Å². The van der Waals surface area contributed by atoms with Gasteiger partial charge in [-0.1, -0.05) is 43.3 Å². The van der Waals surface area contributed by atoms with E-state index in [1.165, 1.54) is 11.1 Å². The van der Waals surface area contributed by atoms with Gasteiger partial charge in [0.2, 0.25) is 5.91 Å². The van der Waals surface area contributed by atoms with Crippen LogP contribution < -0.4 is 10.6 Å². The molecule has 2 aliphatic rings. The number of nitrogens with two attached hydrogens (primary N) is 1. The van der Waals surface area contributed by atoms with Gasteiger partial charge in [-0.05, 0) is 61.8 Å². The Labute approximate surface area is 206 Å². The molecule has 2 aromatic heterocycles. The van der Waals surface area contributed by atoms with E-state index < -0.39 is 5.41 Å². The molecule has 5 rings (SSSR count). The van der Waals surface area contributed by atoms with Crippen LogP contribution in [0.5, 0.6) is 0 Å². The number of piperidine rings is 1. The number of hydrogen-bond acceptors (Lipinski definition) is 5. The summed E-state index contributed by atoms with van der Waals surface area (Å²) >= 11 is 0. The number of primary amides is 1. The molecule has 0 radical (unpaired) electrons. The number of amides is 1. The van der Waals surface area contributed by atoms with Crippen LogP contribution >= 0.6 is 0 Å². The van der Waals surface area contributed by atoms with Gasteiger partial charge in [0.05, 0.1) is 11.6 Å². The number of carbonyl (C=O) groups is 1. The number of rotatable bonds is 5. The Morgan fingerprint density at radius 2 is 2.06 bits per heavy atom. The molecule has 35 heavy (non-hydrogen) atoms. The Balaban J connectivity index is 1.58. The molecule has 3 heterocycles. The fourth-order valence-electron chi connectivity index (χ4n) is 5.20. The van der Waals surface area contributed by atoms with Gasteiger partial charge in [-0.15, -0.1) is 0 Å². The van der Waals surface area contributed by atoms with Crippen molar-refractivity contribution in [3.63, 3.8) is 0 Å². The maximum absolute atomic E-state index is 12.1. The third kappa shape index (κ3) is 4.27. The molecule has 0 unspecified atom stereocenters. The van der Waals surface area contributed by atoms with Crippen LogP contribution in [-0.4, -0.2) is 39.8 Å². The summed E-state index contributed by atoms with van der Waals surface area (Å²) in [5.74, 6) is 1.39. The van der Waals surface area contributed by atoms with E-state index in [9.17, 15) is 4.79 Å². The monoisotopic (exact) mass is 468 g/mol. The van der Waals surface area contributed by atoms with Gasteiger partial charge in [0.15, 0.2) is 11.5 Å². The fourth-order valence-corrected chi connectivity index (χ4v) is 5.20. The minimum Gasteiger partial charge on any atom is -0.369 e. The van der Waals surface area contributed by atoms with Gasteiger partial charge in [-0.3, -0.25) is 4.79 Å². The van der Waals surface area contributed by atoms with Gasteiger partial charge in [0.1, 0.15) is 5.82 Å². The number of aryl methyl sites for hydroxylation is 1. The summed E-state index contributed by atoms with van der Waals surface area (Å²) in [4.78, 5) is 24.0. The van der Waals surface area contributed by atoms with E-state index in [1.54, 1.807) is 6.21 Å². The highest BCUT2D eigenvalue weighted by molar-refractivity contribution is 5.93. The molecule has 1 fully saturated rings. The molecule has 180 valence electrons. The molecule has 1 aliphatic carbocycles. The average molecular weight is 469 g/mol. The van der Waals surface area contributed by atoms with E-state index in [-0.39, 0.29) is 5.91 Å². The summed E-state index contributed by atoms with van der Waals surface area (Å²) in [6.45, 7) is 5.41. The van der Waals surface area contributed by atoms with Gasteiger partial charge >= 0.3 is 0 Å². The number of allylic oxidation sites excluding steroid dienone is 3. The molecular formula is C28H32N6O. The highest BCUT2D eigenvalue weighted by Crippen LogP contribution is 2.37. The molecule has 7 nitrogen and oxygen atoms in total. The number of anilines is 1. The molecule has 1 aliphatic heterocycles. The Hall–Kier alpha value is -3.74. The van der Waals surface area contributed by atoms with E-state index in [0.29, 0.717) is 0 Å². The summed E-state index contributed by atoms with van der Waals surface area (Å²) < 4.78 is 1.81. The number of nitrogens with zero attached hydrogens (tertiary/aromatic N) is 5. The van der Waals surface area contributed by atoms with Crippen molar-refractivity contribution >= 4 is 41.1 Å². The number of carbonyl (C=O) groups excluding carboxylic acids is 1. The van der Waals surface area contributed by atoms with Gasteiger partial charge in [0, 0.05) is 30.9 Å². The second kappa shape index (κ2) is 9.49. The number of aromatic nitrogens is 3. The van der Waals surface area contributed by atoms with E-state index in [2.05, 4.69) is 57.5 Å². The second-order valence-corrected chi connectivity index (χ2v) is 9.38. The molecule has 2 N–H and O–H groups in total. The van der Waals surface area contributed by atoms with Gasteiger partial charge in [-0.25, -0.2) is 9.98 Å². The number of aliphatic imine (C=N–C) groups is 1. The van der Waals surface area contributed by atoms with Crippen LogP contribution in [0, 0.1) is 5.41 Å². The maximum atomic E-state index is 12.1. The first-order chi connectivity index (χ1) is 17.0. The van der Waals surface area contributed by atoms with Crippen molar-refractivity contribution in [3.8, 4) is 0 Å². The highest BCUT2D eigenvalue weighted by Gasteiger charge is 2.38. The van der Waals surface area contributed by atoms with E-state index in [4.69, 9.17) is 10.7 Å². The molecule has 7 heteroatoms. The smallest absolute Gasteiger partial charge is 0.223 e. The van der Waals surface area contributed by atoms with Crippen LogP contribution in [-0.2, 0) is 11.2 Å². The zero-order chi connectivity index (χ0) is 24.4. The number of hydrogen-bond donors (Lipinski definition) is 1. The summed E-state index contributed by atoms with van der Waals surface area (Å²) in [7, 11) is 0. The fraction of sp³-hybridized carbons (Fsp3) is 0.357. The molecule has 1 aromatic carbocycles. The molecule has 3 aromatic rings. The zero-order valence-corrected chi connectivity index (χ0v) is 20.4. The Morgan fingerprint density at radius 3 is 2.80 bits per heavy atom. The lowest BCUT2D eigenvalue weighted by Gasteiger charge is -2.39. The maximum Gasteiger partial charge on any atom is 0.223 e. The quantitative estimate of drug-likeness (QED) is 0.535. The van der Waals surface area contributed by atoms with Crippen LogP contribution in [0.25, 0.3) is 17.3 Å². The predicted molar refractivity (Wildman–Crippen MR) is 142 cm³/mol. The standard InChI is InChI=1S/C28H32N6O/c1-3-28(27(29)35)13-15-33(16-14-28)25-18-24(30-4-2)34-26(32-25)23(19-31-34)22-12-8-6-10-20-9-5-7-11-21(20)17-22/h4-5,7-9,11-12,17-19H,3,6,10,13-16H2,1-2H3,(H2,29,35)/b12-8?,22-17+,30-4?. The SMILES string of the molecule is CC=Nc1cc(N2CCC(CC)(C(N)=O)CC2)nc2c(/C3=C/c4ccccc4CCC=C3)cnn12. The minimum atomic E-state index is -0.422.